The normalized spacial score (nSPS) is 15.3. The number of halogens is 1. The van der Waals surface area contributed by atoms with E-state index >= 15 is 0 Å². The molecule has 1 aromatic carbocycles. The van der Waals surface area contributed by atoms with Crippen molar-refractivity contribution in [3.05, 3.63) is 23.8 Å². The van der Waals surface area contributed by atoms with Crippen LogP contribution in [0.5, 0.6) is 11.5 Å². The first-order chi connectivity index (χ1) is 14.5. The number of methoxy groups -OCH3 is 1. The minimum Gasteiger partial charge on any atom is -0.493 e. The van der Waals surface area contributed by atoms with Crippen molar-refractivity contribution in [1.29, 1.82) is 0 Å². The summed E-state index contributed by atoms with van der Waals surface area (Å²) in [5.41, 5.74) is 0.691. The van der Waals surface area contributed by atoms with E-state index in [9.17, 15) is 9.59 Å². The van der Waals surface area contributed by atoms with Crippen LogP contribution in [0.15, 0.2) is 18.2 Å². The fourth-order valence-electron chi connectivity index (χ4n) is 3.90. The summed E-state index contributed by atoms with van der Waals surface area (Å²) in [6.07, 6.45) is 7.00. The van der Waals surface area contributed by atoms with Crippen molar-refractivity contribution in [1.82, 2.24) is 10.2 Å². The standard InChI is InChI=1S/C23H35ClN2O4/c1-4-13-26(21(27)16-24)22(23(28)25-18-9-7-6-8-10-18)17-11-12-19(30-14-5-2)20(15-17)29-3/h11-12,15,18,22H,4-10,13-14,16H2,1-3H3,(H,25,28)/t22-/m1/s1. The Balaban J connectivity index is 2.38. The first-order valence-electron chi connectivity index (χ1n) is 11.0. The molecule has 0 heterocycles. The molecule has 1 aliphatic carbocycles. The Hall–Kier alpha value is -1.95. The summed E-state index contributed by atoms with van der Waals surface area (Å²) in [6, 6.07) is 4.83. The molecule has 0 unspecified atom stereocenters. The van der Waals surface area contributed by atoms with E-state index in [4.69, 9.17) is 21.1 Å². The van der Waals surface area contributed by atoms with Crippen LogP contribution in [0.4, 0.5) is 0 Å². The number of benzene rings is 1. The Labute approximate surface area is 185 Å². The molecule has 1 atom stereocenters. The molecule has 1 fully saturated rings. The number of hydrogen-bond donors (Lipinski definition) is 1. The number of carbonyl (C=O) groups excluding carboxylic acids is 2. The van der Waals surface area contributed by atoms with Crippen LogP contribution in [0.3, 0.4) is 0 Å². The summed E-state index contributed by atoms with van der Waals surface area (Å²) in [5.74, 6) is 0.583. The molecule has 2 rings (SSSR count). The van der Waals surface area contributed by atoms with Crippen molar-refractivity contribution in [3.8, 4) is 11.5 Å². The number of amides is 2. The van der Waals surface area contributed by atoms with E-state index in [0.717, 1.165) is 38.5 Å². The van der Waals surface area contributed by atoms with Gasteiger partial charge in [-0.3, -0.25) is 9.59 Å². The minimum atomic E-state index is -0.757. The molecule has 2 amide bonds. The Kier molecular flexibility index (Phi) is 10.3. The molecule has 0 aliphatic heterocycles. The molecule has 1 aliphatic rings. The van der Waals surface area contributed by atoms with E-state index in [1.54, 1.807) is 24.1 Å². The van der Waals surface area contributed by atoms with Crippen LogP contribution in [0.25, 0.3) is 0 Å². The molecule has 0 radical (unpaired) electrons. The van der Waals surface area contributed by atoms with Gasteiger partial charge in [-0.15, -0.1) is 11.6 Å². The van der Waals surface area contributed by atoms with Crippen molar-refractivity contribution in [2.45, 2.75) is 70.9 Å². The van der Waals surface area contributed by atoms with Gasteiger partial charge in [0.15, 0.2) is 11.5 Å². The van der Waals surface area contributed by atoms with Gasteiger partial charge in [-0.2, -0.15) is 0 Å². The van der Waals surface area contributed by atoms with Gasteiger partial charge < -0.3 is 19.7 Å². The molecule has 1 N–H and O–H groups in total. The summed E-state index contributed by atoms with van der Waals surface area (Å²) in [5, 5.41) is 3.17. The van der Waals surface area contributed by atoms with Gasteiger partial charge in [0, 0.05) is 12.6 Å². The summed E-state index contributed by atoms with van der Waals surface area (Å²) < 4.78 is 11.2. The molecular weight excluding hydrogens is 404 g/mol. The number of ether oxygens (including phenoxy) is 2. The third-order valence-electron chi connectivity index (χ3n) is 5.38. The Morgan fingerprint density at radius 2 is 1.90 bits per heavy atom. The molecule has 30 heavy (non-hydrogen) atoms. The Bertz CT molecular complexity index is 692. The van der Waals surface area contributed by atoms with Crippen LogP contribution in [0.2, 0.25) is 0 Å². The highest BCUT2D eigenvalue weighted by molar-refractivity contribution is 6.27. The van der Waals surface area contributed by atoms with E-state index in [2.05, 4.69) is 5.32 Å². The van der Waals surface area contributed by atoms with Crippen LogP contribution < -0.4 is 14.8 Å². The fraction of sp³-hybridized carbons (Fsp3) is 0.652. The van der Waals surface area contributed by atoms with Gasteiger partial charge in [-0.05, 0) is 43.4 Å². The van der Waals surface area contributed by atoms with E-state index in [1.807, 2.05) is 19.9 Å². The average molecular weight is 439 g/mol. The number of hydrogen-bond acceptors (Lipinski definition) is 4. The lowest BCUT2D eigenvalue weighted by Crippen LogP contribution is -2.47. The third-order valence-corrected chi connectivity index (χ3v) is 5.60. The molecule has 6 nitrogen and oxygen atoms in total. The zero-order chi connectivity index (χ0) is 21.9. The Morgan fingerprint density at radius 1 is 1.17 bits per heavy atom. The summed E-state index contributed by atoms with van der Waals surface area (Å²) >= 11 is 5.88. The maximum atomic E-state index is 13.4. The monoisotopic (exact) mass is 438 g/mol. The van der Waals surface area contributed by atoms with Crippen molar-refractivity contribution in [2.75, 3.05) is 26.1 Å². The lowest BCUT2D eigenvalue weighted by atomic mass is 9.94. The second-order valence-electron chi connectivity index (χ2n) is 7.73. The lowest BCUT2D eigenvalue weighted by Gasteiger charge is -2.33. The molecule has 1 saturated carbocycles. The molecule has 0 saturated heterocycles. The molecule has 1 aromatic rings. The number of alkyl halides is 1. The molecular formula is C23H35ClN2O4. The molecule has 0 aromatic heterocycles. The van der Waals surface area contributed by atoms with Crippen LogP contribution in [-0.2, 0) is 9.59 Å². The van der Waals surface area contributed by atoms with Crippen molar-refractivity contribution >= 4 is 23.4 Å². The van der Waals surface area contributed by atoms with Gasteiger partial charge in [-0.1, -0.05) is 39.2 Å². The predicted molar refractivity (Wildman–Crippen MR) is 119 cm³/mol. The van der Waals surface area contributed by atoms with Gasteiger partial charge in [0.25, 0.3) is 0 Å². The second-order valence-corrected chi connectivity index (χ2v) is 7.99. The van der Waals surface area contributed by atoms with Gasteiger partial charge in [0.1, 0.15) is 11.9 Å². The quantitative estimate of drug-likeness (QED) is 0.518. The van der Waals surface area contributed by atoms with Gasteiger partial charge in [0.2, 0.25) is 11.8 Å². The van der Waals surface area contributed by atoms with Crippen molar-refractivity contribution < 1.29 is 19.1 Å². The first kappa shape index (κ1) is 24.3. The van der Waals surface area contributed by atoms with Crippen molar-refractivity contribution in [3.63, 3.8) is 0 Å². The SMILES string of the molecule is CCCOc1ccc([C@H](C(=O)NC2CCCCC2)N(CCC)C(=O)CCl)cc1OC. The Morgan fingerprint density at radius 3 is 2.50 bits per heavy atom. The van der Waals surface area contributed by atoms with Crippen LogP contribution in [0, 0.1) is 0 Å². The molecule has 168 valence electrons. The van der Waals surface area contributed by atoms with Crippen molar-refractivity contribution in [2.24, 2.45) is 0 Å². The summed E-state index contributed by atoms with van der Waals surface area (Å²) in [6.45, 7) is 5.04. The summed E-state index contributed by atoms with van der Waals surface area (Å²) in [7, 11) is 1.57. The maximum Gasteiger partial charge on any atom is 0.247 e. The summed E-state index contributed by atoms with van der Waals surface area (Å²) in [4.78, 5) is 27.6. The number of nitrogens with zero attached hydrogens (tertiary/aromatic N) is 1. The van der Waals surface area contributed by atoms with E-state index in [0.29, 0.717) is 30.2 Å². The van der Waals surface area contributed by atoms with Gasteiger partial charge in [-0.25, -0.2) is 0 Å². The van der Waals surface area contributed by atoms with E-state index < -0.39 is 6.04 Å². The topological polar surface area (TPSA) is 67.9 Å². The van der Waals surface area contributed by atoms with Crippen LogP contribution in [-0.4, -0.2) is 48.9 Å². The second kappa shape index (κ2) is 12.7. The van der Waals surface area contributed by atoms with Crippen LogP contribution in [0.1, 0.15) is 70.4 Å². The highest BCUT2D eigenvalue weighted by Crippen LogP contribution is 2.33. The highest BCUT2D eigenvalue weighted by atomic mass is 35.5. The van der Waals surface area contributed by atoms with E-state index in [1.165, 1.54) is 6.42 Å². The molecule has 7 heteroatoms. The van der Waals surface area contributed by atoms with Gasteiger partial charge in [0.05, 0.1) is 13.7 Å². The third kappa shape index (κ3) is 6.53. The smallest absolute Gasteiger partial charge is 0.247 e. The average Bonchev–Trinajstić information content (AvgIpc) is 2.77. The first-order valence-corrected chi connectivity index (χ1v) is 11.6. The molecule has 0 bridgehead atoms. The van der Waals surface area contributed by atoms with Gasteiger partial charge >= 0.3 is 0 Å². The number of nitrogens with one attached hydrogen (secondary N) is 1. The fourth-order valence-corrected chi connectivity index (χ4v) is 4.05. The highest BCUT2D eigenvalue weighted by Gasteiger charge is 2.32. The largest absolute Gasteiger partial charge is 0.493 e. The zero-order valence-electron chi connectivity index (χ0n) is 18.4. The van der Waals surface area contributed by atoms with E-state index in [-0.39, 0.29) is 23.7 Å². The minimum absolute atomic E-state index is 0.150. The predicted octanol–water partition coefficient (Wildman–Crippen LogP) is 4.45. The van der Waals surface area contributed by atoms with Crippen LogP contribution >= 0.6 is 11.6 Å². The molecule has 0 spiro atoms. The lowest BCUT2D eigenvalue weighted by molar-refractivity contribution is -0.139. The number of carbonyl (C=O) groups is 2. The zero-order valence-corrected chi connectivity index (χ0v) is 19.2. The maximum absolute atomic E-state index is 13.4. The number of rotatable bonds is 11.